The lowest BCUT2D eigenvalue weighted by Gasteiger charge is -2.15. The van der Waals surface area contributed by atoms with Crippen molar-refractivity contribution in [3.05, 3.63) is 69.8 Å². The van der Waals surface area contributed by atoms with Gasteiger partial charge in [-0.1, -0.05) is 75.2 Å². The second kappa shape index (κ2) is 6.47. The lowest BCUT2D eigenvalue weighted by Crippen LogP contribution is -1.98. The zero-order valence-corrected chi connectivity index (χ0v) is 14.3. The van der Waals surface area contributed by atoms with Gasteiger partial charge in [0, 0.05) is 0 Å². The van der Waals surface area contributed by atoms with Crippen LogP contribution >= 0.6 is 0 Å². The Morgan fingerprint density at radius 1 is 0.619 bits per heavy atom. The van der Waals surface area contributed by atoms with E-state index in [2.05, 4.69) is 77.9 Å². The molecule has 0 unspecified atom stereocenters. The van der Waals surface area contributed by atoms with Gasteiger partial charge >= 0.3 is 0 Å². The van der Waals surface area contributed by atoms with Gasteiger partial charge in [-0.3, -0.25) is 0 Å². The highest BCUT2D eigenvalue weighted by atomic mass is 14.1. The molecule has 0 N–H and O–H groups in total. The highest BCUT2D eigenvalue weighted by Crippen LogP contribution is 2.25. The second-order valence-electron chi connectivity index (χ2n) is 6.99. The van der Waals surface area contributed by atoms with Crippen molar-refractivity contribution < 1.29 is 0 Å². The molecule has 0 bridgehead atoms. The number of benzene rings is 2. The average molecular weight is 280 g/mol. The van der Waals surface area contributed by atoms with Crippen molar-refractivity contribution in [1.82, 2.24) is 0 Å². The monoisotopic (exact) mass is 280 g/mol. The summed E-state index contributed by atoms with van der Waals surface area (Å²) in [4.78, 5) is 0. The molecule has 0 atom stereocenters. The number of hydrogen-bond acceptors (Lipinski definition) is 0. The predicted molar refractivity (Wildman–Crippen MR) is 93.3 cm³/mol. The van der Waals surface area contributed by atoms with Gasteiger partial charge < -0.3 is 0 Å². The van der Waals surface area contributed by atoms with E-state index in [9.17, 15) is 0 Å². The fourth-order valence-electron chi connectivity index (χ4n) is 2.92. The number of aryl methyl sites for hydroxylation is 2. The summed E-state index contributed by atoms with van der Waals surface area (Å²) in [7, 11) is 0. The van der Waals surface area contributed by atoms with Gasteiger partial charge in [0.05, 0.1) is 0 Å². The van der Waals surface area contributed by atoms with E-state index in [1.54, 1.807) is 0 Å². The van der Waals surface area contributed by atoms with Crippen LogP contribution in [0.2, 0.25) is 0 Å². The zero-order valence-electron chi connectivity index (χ0n) is 14.3. The van der Waals surface area contributed by atoms with E-state index in [0.717, 1.165) is 6.42 Å². The largest absolute Gasteiger partial charge is 0.0587 e. The van der Waals surface area contributed by atoms with Gasteiger partial charge in [-0.05, 0) is 54.4 Å². The summed E-state index contributed by atoms with van der Waals surface area (Å²) in [6.07, 6.45) is 1.03. The van der Waals surface area contributed by atoms with E-state index in [4.69, 9.17) is 0 Å². The van der Waals surface area contributed by atoms with Gasteiger partial charge in [-0.2, -0.15) is 0 Å². The quantitative estimate of drug-likeness (QED) is 0.631. The molecule has 0 aliphatic carbocycles. The maximum Gasteiger partial charge on any atom is -0.00254 e. The van der Waals surface area contributed by atoms with E-state index in [-0.39, 0.29) is 0 Å². The molecule has 0 saturated heterocycles. The molecule has 0 saturated carbocycles. The molecule has 0 heterocycles. The smallest absolute Gasteiger partial charge is 0.00254 e. The van der Waals surface area contributed by atoms with Gasteiger partial charge in [0.25, 0.3) is 0 Å². The number of rotatable bonds is 4. The van der Waals surface area contributed by atoms with Crippen molar-refractivity contribution in [3.63, 3.8) is 0 Å². The third-order valence-electron chi connectivity index (χ3n) is 4.06. The van der Waals surface area contributed by atoms with E-state index < -0.39 is 0 Å². The summed E-state index contributed by atoms with van der Waals surface area (Å²) in [5, 5.41) is 0. The molecule has 2 aromatic carbocycles. The molecule has 0 heteroatoms. The van der Waals surface area contributed by atoms with Crippen LogP contribution in [0, 0.1) is 13.8 Å². The summed E-state index contributed by atoms with van der Waals surface area (Å²) in [5.41, 5.74) is 8.49. The zero-order chi connectivity index (χ0) is 15.6. The normalized spacial score (nSPS) is 11.4. The highest BCUT2D eigenvalue weighted by Gasteiger charge is 2.08. The minimum atomic E-state index is 0.585. The minimum absolute atomic E-state index is 0.585. The third-order valence-corrected chi connectivity index (χ3v) is 4.06. The molecule has 2 aromatic rings. The standard InChI is InChI=1S/C21H28/c1-14(2)20-11-19(12-21(13-20)15(3)4)10-18-8-16(5)7-17(6)9-18/h7-9,11-15H,10H2,1-6H3. The van der Waals surface area contributed by atoms with Crippen LogP contribution in [0.15, 0.2) is 36.4 Å². The van der Waals surface area contributed by atoms with Crippen molar-refractivity contribution in [2.24, 2.45) is 0 Å². The predicted octanol–water partition coefficient (Wildman–Crippen LogP) is 6.14. The topological polar surface area (TPSA) is 0 Å². The molecule has 2 rings (SSSR count). The lowest BCUT2D eigenvalue weighted by molar-refractivity contribution is 0.828. The molecule has 0 fully saturated rings. The van der Waals surface area contributed by atoms with Crippen LogP contribution in [-0.4, -0.2) is 0 Å². The van der Waals surface area contributed by atoms with E-state index in [0.29, 0.717) is 11.8 Å². The molecular weight excluding hydrogens is 252 g/mol. The molecule has 0 aliphatic rings. The maximum atomic E-state index is 2.38. The Morgan fingerprint density at radius 3 is 1.48 bits per heavy atom. The van der Waals surface area contributed by atoms with Gasteiger partial charge in [-0.25, -0.2) is 0 Å². The summed E-state index contributed by atoms with van der Waals surface area (Å²) in [6, 6.07) is 14.0. The maximum absolute atomic E-state index is 2.38. The van der Waals surface area contributed by atoms with E-state index in [1.165, 1.54) is 33.4 Å². The SMILES string of the molecule is Cc1cc(C)cc(Cc2cc(C(C)C)cc(C(C)C)c2)c1. The Hall–Kier alpha value is -1.56. The number of hydrogen-bond donors (Lipinski definition) is 0. The van der Waals surface area contributed by atoms with Crippen LogP contribution in [0.3, 0.4) is 0 Å². The Kier molecular flexibility index (Phi) is 4.88. The molecule has 0 aromatic heterocycles. The van der Waals surface area contributed by atoms with Crippen LogP contribution in [0.25, 0.3) is 0 Å². The fraction of sp³-hybridized carbons (Fsp3) is 0.429. The molecule has 0 aliphatic heterocycles. The van der Waals surface area contributed by atoms with Crippen LogP contribution in [-0.2, 0) is 6.42 Å². The molecule has 0 nitrogen and oxygen atoms in total. The van der Waals surface area contributed by atoms with Crippen molar-refractivity contribution in [1.29, 1.82) is 0 Å². The summed E-state index contributed by atoms with van der Waals surface area (Å²) in [6.45, 7) is 13.5. The molecule has 0 amide bonds. The second-order valence-corrected chi connectivity index (χ2v) is 6.99. The van der Waals surface area contributed by atoms with E-state index in [1.807, 2.05) is 0 Å². The third kappa shape index (κ3) is 4.20. The first-order chi connectivity index (χ1) is 9.85. The van der Waals surface area contributed by atoms with Gasteiger partial charge in [0.1, 0.15) is 0 Å². The Morgan fingerprint density at radius 2 is 1.05 bits per heavy atom. The van der Waals surface area contributed by atoms with Crippen molar-refractivity contribution >= 4 is 0 Å². The molecule has 0 radical (unpaired) electrons. The van der Waals surface area contributed by atoms with Crippen molar-refractivity contribution in [2.45, 2.75) is 59.8 Å². The molecule has 0 spiro atoms. The van der Waals surface area contributed by atoms with Crippen LogP contribution in [0.4, 0.5) is 0 Å². The van der Waals surface area contributed by atoms with Crippen LogP contribution in [0.1, 0.15) is 72.9 Å². The average Bonchev–Trinajstić information content (AvgIpc) is 2.36. The van der Waals surface area contributed by atoms with Crippen LogP contribution in [0.5, 0.6) is 0 Å². The fourth-order valence-corrected chi connectivity index (χ4v) is 2.92. The Labute approximate surface area is 130 Å². The lowest BCUT2D eigenvalue weighted by atomic mass is 9.91. The van der Waals surface area contributed by atoms with Gasteiger partial charge in [-0.15, -0.1) is 0 Å². The van der Waals surface area contributed by atoms with Gasteiger partial charge in [0.15, 0.2) is 0 Å². The molecule has 112 valence electrons. The summed E-state index contributed by atoms with van der Waals surface area (Å²) < 4.78 is 0. The summed E-state index contributed by atoms with van der Waals surface area (Å²) in [5.74, 6) is 1.17. The van der Waals surface area contributed by atoms with Gasteiger partial charge in [0.2, 0.25) is 0 Å². The van der Waals surface area contributed by atoms with Crippen LogP contribution < -0.4 is 0 Å². The van der Waals surface area contributed by atoms with Crippen molar-refractivity contribution in [2.75, 3.05) is 0 Å². The minimum Gasteiger partial charge on any atom is -0.0587 e. The summed E-state index contributed by atoms with van der Waals surface area (Å²) >= 11 is 0. The van der Waals surface area contributed by atoms with Crippen molar-refractivity contribution in [3.8, 4) is 0 Å². The Bertz CT molecular complexity index is 571. The highest BCUT2D eigenvalue weighted by molar-refractivity contribution is 5.38. The molecule has 21 heavy (non-hydrogen) atoms. The molecular formula is C21H28. The van der Waals surface area contributed by atoms with E-state index >= 15 is 0 Å². The first-order valence-electron chi connectivity index (χ1n) is 8.06. The first-order valence-corrected chi connectivity index (χ1v) is 8.06. The first kappa shape index (κ1) is 15.8. The Balaban J connectivity index is 2.38.